The Morgan fingerprint density at radius 3 is 2.44 bits per heavy atom. The molecule has 134 valence electrons. The zero-order valence-electron chi connectivity index (χ0n) is 15.3. The van der Waals surface area contributed by atoms with Crippen molar-refractivity contribution >= 4 is 6.09 Å². The van der Waals surface area contributed by atoms with Crippen LogP contribution in [-0.2, 0) is 16.8 Å². The number of nitrogens with zero attached hydrogens (tertiary/aromatic N) is 3. The molecule has 6 heteroatoms. The zero-order valence-corrected chi connectivity index (χ0v) is 15.3. The van der Waals surface area contributed by atoms with E-state index in [1.54, 1.807) is 17.0 Å². The predicted octanol–water partition coefficient (Wildman–Crippen LogP) is 4.18. The van der Waals surface area contributed by atoms with Crippen LogP contribution in [-0.4, -0.2) is 32.7 Å². The molecule has 0 unspecified atom stereocenters. The fourth-order valence-electron chi connectivity index (χ4n) is 3.08. The molecule has 0 saturated carbocycles. The van der Waals surface area contributed by atoms with Gasteiger partial charge in [-0.05, 0) is 58.9 Å². The minimum atomic E-state index is -0.598. The van der Waals surface area contributed by atoms with Crippen LogP contribution >= 0.6 is 0 Å². The van der Waals surface area contributed by atoms with Crippen molar-refractivity contribution in [2.24, 2.45) is 0 Å². The van der Waals surface area contributed by atoms with Gasteiger partial charge in [0.2, 0.25) is 0 Å². The van der Waals surface area contributed by atoms with Gasteiger partial charge in [-0.15, -0.1) is 0 Å². The maximum absolute atomic E-state index is 13.1. The molecule has 25 heavy (non-hydrogen) atoms. The van der Waals surface area contributed by atoms with Gasteiger partial charge in [-0.1, -0.05) is 0 Å². The Morgan fingerprint density at radius 1 is 1.20 bits per heavy atom. The quantitative estimate of drug-likeness (QED) is 0.779. The van der Waals surface area contributed by atoms with E-state index in [2.05, 4.69) is 4.57 Å². The highest BCUT2D eigenvalue weighted by atomic mass is 19.1. The van der Waals surface area contributed by atoms with Crippen molar-refractivity contribution < 1.29 is 13.9 Å². The number of fused-ring (bicyclic) bond motifs is 1. The monoisotopic (exact) mass is 345 g/mol. The number of ether oxygens (including phenoxy) is 1. The summed E-state index contributed by atoms with van der Waals surface area (Å²) in [5.41, 5.74) is 0.482. The minimum Gasteiger partial charge on any atom is -0.444 e. The number of aromatic nitrogens is 2. The Hall–Kier alpha value is -2.37. The Bertz CT molecular complexity index is 788. The summed E-state index contributed by atoms with van der Waals surface area (Å²) in [5.74, 6) is 0.521. The number of benzene rings is 1. The average Bonchev–Trinajstić information content (AvgIpc) is 2.91. The largest absolute Gasteiger partial charge is 0.444 e. The first kappa shape index (κ1) is 17.5. The summed E-state index contributed by atoms with van der Waals surface area (Å²) >= 11 is 0. The van der Waals surface area contributed by atoms with Crippen LogP contribution in [0.5, 0.6) is 0 Å². The van der Waals surface area contributed by atoms with E-state index < -0.39 is 11.1 Å². The highest BCUT2D eigenvalue weighted by molar-refractivity contribution is 5.70. The van der Waals surface area contributed by atoms with E-state index in [9.17, 15) is 9.18 Å². The van der Waals surface area contributed by atoms with Crippen molar-refractivity contribution in [2.45, 2.75) is 52.3 Å². The molecular weight excluding hydrogens is 321 g/mol. The van der Waals surface area contributed by atoms with Crippen molar-refractivity contribution in [3.05, 3.63) is 42.1 Å². The lowest BCUT2D eigenvalue weighted by molar-refractivity contribution is -0.00694. The Labute approximate surface area is 147 Å². The SMILES string of the molecule is CC(C)(C)OC(=O)N1CCn2cc(-c3ccc(F)cc3)nc2C1(C)C. The Morgan fingerprint density at radius 2 is 1.84 bits per heavy atom. The van der Waals surface area contributed by atoms with Crippen LogP contribution in [0.1, 0.15) is 40.4 Å². The van der Waals surface area contributed by atoms with Gasteiger partial charge in [0.25, 0.3) is 0 Å². The molecule has 0 spiro atoms. The zero-order chi connectivity index (χ0) is 18.4. The Balaban J connectivity index is 1.92. The molecular formula is C19H24FN3O2. The molecule has 2 aromatic rings. The number of imidazole rings is 1. The summed E-state index contributed by atoms with van der Waals surface area (Å²) in [5, 5.41) is 0. The van der Waals surface area contributed by atoms with Gasteiger partial charge in [0.05, 0.1) is 11.2 Å². The van der Waals surface area contributed by atoms with E-state index in [1.807, 2.05) is 40.8 Å². The summed E-state index contributed by atoms with van der Waals surface area (Å²) in [6, 6.07) is 6.27. The van der Waals surface area contributed by atoms with Gasteiger partial charge in [0.15, 0.2) is 0 Å². The van der Waals surface area contributed by atoms with Gasteiger partial charge in [0, 0.05) is 24.8 Å². The van der Waals surface area contributed by atoms with E-state index in [-0.39, 0.29) is 11.9 Å². The molecule has 2 heterocycles. The standard InChI is InChI=1S/C19H24FN3O2/c1-18(2,3)25-17(24)23-11-10-22-12-15(21-16(22)19(23,4)5)13-6-8-14(20)9-7-13/h6-9,12H,10-11H2,1-5H3. The summed E-state index contributed by atoms with van der Waals surface area (Å²) in [4.78, 5) is 19.0. The topological polar surface area (TPSA) is 47.4 Å². The highest BCUT2D eigenvalue weighted by Crippen LogP contribution is 2.34. The molecule has 1 amide bonds. The maximum Gasteiger partial charge on any atom is 0.411 e. The third-order valence-corrected chi connectivity index (χ3v) is 4.32. The first-order valence-corrected chi connectivity index (χ1v) is 8.42. The second kappa shape index (κ2) is 5.86. The summed E-state index contributed by atoms with van der Waals surface area (Å²) in [6.45, 7) is 10.7. The lowest BCUT2D eigenvalue weighted by atomic mass is 10.00. The molecule has 1 aromatic carbocycles. The molecule has 1 aromatic heterocycles. The summed E-state index contributed by atoms with van der Waals surface area (Å²) in [6.07, 6.45) is 1.62. The van der Waals surface area contributed by atoms with Gasteiger partial charge in [-0.25, -0.2) is 14.2 Å². The predicted molar refractivity (Wildman–Crippen MR) is 93.6 cm³/mol. The molecule has 0 radical (unpaired) electrons. The fourth-order valence-corrected chi connectivity index (χ4v) is 3.08. The smallest absolute Gasteiger partial charge is 0.411 e. The third-order valence-electron chi connectivity index (χ3n) is 4.32. The van der Waals surface area contributed by atoms with Crippen LogP contribution < -0.4 is 0 Å². The molecule has 0 atom stereocenters. The minimum absolute atomic E-state index is 0.274. The lowest BCUT2D eigenvalue weighted by Crippen LogP contribution is -2.53. The van der Waals surface area contributed by atoms with Gasteiger partial charge in [-0.3, -0.25) is 4.90 Å². The number of hydrogen-bond donors (Lipinski definition) is 0. The highest BCUT2D eigenvalue weighted by Gasteiger charge is 2.41. The number of rotatable bonds is 1. The van der Waals surface area contributed by atoms with Crippen LogP contribution in [0.25, 0.3) is 11.3 Å². The molecule has 0 saturated heterocycles. The van der Waals surface area contributed by atoms with Gasteiger partial charge in [-0.2, -0.15) is 0 Å². The van der Waals surface area contributed by atoms with Gasteiger partial charge in [0.1, 0.15) is 17.2 Å². The number of hydrogen-bond acceptors (Lipinski definition) is 3. The first-order chi connectivity index (χ1) is 11.6. The van der Waals surface area contributed by atoms with Crippen molar-refractivity contribution in [1.82, 2.24) is 14.5 Å². The first-order valence-electron chi connectivity index (χ1n) is 8.42. The van der Waals surface area contributed by atoms with Gasteiger partial charge < -0.3 is 9.30 Å². The number of halogens is 1. The summed E-state index contributed by atoms with van der Waals surface area (Å²) in [7, 11) is 0. The second-order valence-corrected chi connectivity index (χ2v) is 7.84. The third kappa shape index (κ3) is 3.38. The normalized spacial score (nSPS) is 16.5. The molecule has 3 rings (SSSR count). The molecule has 1 aliphatic heterocycles. The molecule has 1 aliphatic rings. The van der Waals surface area contributed by atoms with E-state index >= 15 is 0 Å². The van der Waals surface area contributed by atoms with E-state index in [4.69, 9.17) is 9.72 Å². The lowest BCUT2D eigenvalue weighted by Gasteiger charge is -2.42. The number of carbonyl (C=O) groups excluding carboxylic acids is 1. The molecule has 0 bridgehead atoms. The maximum atomic E-state index is 13.1. The molecule has 0 aliphatic carbocycles. The molecule has 0 N–H and O–H groups in total. The van der Waals surface area contributed by atoms with E-state index in [0.717, 1.165) is 17.1 Å². The number of carbonyl (C=O) groups is 1. The summed E-state index contributed by atoms with van der Waals surface area (Å²) < 4.78 is 20.7. The molecule has 5 nitrogen and oxygen atoms in total. The Kier molecular flexibility index (Phi) is 4.09. The van der Waals surface area contributed by atoms with Crippen LogP contribution in [0.4, 0.5) is 9.18 Å². The van der Waals surface area contributed by atoms with Crippen LogP contribution in [0.15, 0.2) is 30.5 Å². The van der Waals surface area contributed by atoms with Crippen molar-refractivity contribution in [2.75, 3.05) is 6.54 Å². The van der Waals surface area contributed by atoms with Crippen LogP contribution in [0.3, 0.4) is 0 Å². The molecule has 0 fully saturated rings. The van der Waals surface area contributed by atoms with Crippen LogP contribution in [0.2, 0.25) is 0 Å². The van der Waals surface area contributed by atoms with Gasteiger partial charge >= 0.3 is 6.09 Å². The van der Waals surface area contributed by atoms with E-state index in [0.29, 0.717) is 13.1 Å². The van der Waals surface area contributed by atoms with E-state index in [1.165, 1.54) is 12.1 Å². The van der Waals surface area contributed by atoms with Crippen molar-refractivity contribution in [1.29, 1.82) is 0 Å². The van der Waals surface area contributed by atoms with Crippen LogP contribution in [0, 0.1) is 5.82 Å². The van der Waals surface area contributed by atoms with Crippen molar-refractivity contribution in [3.8, 4) is 11.3 Å². The number of amides is 1. The second-order valence-electron chi connectivity index (χ2n) is 7.84. The average molecular weight is 345 g/mol. The van der Waals surface area contributed by atoms with Crippen molar-refractivity contribution in [3.63, 3.8) is 0 Å². The fraction of sp³-hybridized carbons (Fsp3) is 0.474.